The number of β-amino-alcohol motifs (C(OH)–C–C–N with tert-alkyl or cyclic N) is 1. The lowest BCUT2D eigenvalue weighted by atomic mass is 9.90. The summed E-state index contributed by atoms with van der Waals surface area (Å²) in [4.78, 5) is 50.1. The number of piperazine rings is 1. The first kappa shape index (κ1) is 50.0. The molecule has 16 nitrogen and oxygen atoms in total. The molecule has 2 aromatic carbocycles. The molecule has 0 saturated carbocycles. The van der Waals surface area contributed by atoms with Gasteiger partial charge in [-0.2, -0.15) is 18.3 Å². The van der Waals surface area contributed by atoms with Crippen LogP contribution in [0.3, 0.4) is 0 Å². The fourth-order valence-electron chi connectivity index (χ4n) is 8.05. The highest BCUT2D eigenvalue weighted by Crippen LogP contribution is 2.33. The van der Waals surface area contributed by atoms with Crippen molar-refractivity contribution in [3.05, 3.63) is 133 Å². The molecule has 5 aromatic rings. The molecule has 0 spiro atoms. The summed E-state index contributed by atoms with van der Waals surface area (Å²) in [5, 5.41) is 35.0. The van der Waals surface area contributed by atoms with Gasteiger partial charge in [-0.25, -0.2) is 4.68 Å². The third-order valence-corrected chi connectivity index (χ3v) is 11.6. The number of para-hydroxylation sites is 1. The van der Waals surface area contributed by atoms with Crippen LogP contribution in [0.2, 0.25) is 0 Å². The maximum atomic E-state index is 14.0. The van der Waals surface area contributed by atoms with E-state index in [2.05, 4.69) is 20.6 Å². The highest BCUT2D eigenvalue weighted by atomic mass is 19.4. The van der Waals surface area contributed by atoms with E-state index in [1.807, 2.05) is 72.6 Å². The van der Waals surface area contributed by atoms with Crippen molar-refractivity contribution in [3.8, 4) is 11.4 Å². The number of hydrogen-bond acceptors (Lipinski definition) is 13. The van der Waals surface area contributed by atoms with E-state index in [1.54, 1.807) is 83.9 Å². The summed E-state index contributed by atoms with van der Waals surface area (Å²) >= 11 is 0. The Labute approximate surface area is 387 Å². The second-order valence-corrected chi connectivity index (χ2v) is 16.8. The molecule has 2 aliphatic rings. The molecule has 19 heteroatoms. The number of hydrogen-bond donors (Lipinski definition) is 5. The van der Waals surface area contributed by atoms with E-state index in [0.717, 1.165) is 16.9 Å². The van der Waals surface area contributed by atoms with Crippen molar-refractivity contribution in [2.45, 2.75) is 69.6 Å². The molecule has 358 valence electrons. The van der Waals surface area contributed by atoms with Crippen LogP contribution in [0.5, 0.6) is 5.75 Å². The van der Waals surface area contributed by atoms with Crippen molar-refractivity contribution in [1.29, 1.82) is 0 Å². The van der Waals surface area contributed by atoms with Crippen LogP contribution < -0.4 is 20.7 Å². The van der Waals surface area contributed by atoms with E-state index in [4.69, 9.17) is 14.6 Å². The molecular formula is C48H58F3N9O7. The maximum Gasteiger partial charge on any atom is 0.405 e. The predicted octanol–water partition coefficient (Wildman–Crippen LogP) is 4.44. The minimum Gasteiger partial charge on any atom is -0.490 e. The third-order valence-electron chi connectivity index (χ3n) is 11.6. The van der Waals surface area contributed by atoms with Gasteiger partial charge in [0.05, 0.1) is 47.6 Å². The monoisotopic (exact) mass is 929 g/mol. The quantitative estimate of drug-likeness (QED) is 0.0823. The molecule has 2 amide bonds. The SMILES string of the molecule is CC(C)(c1ccn(-c2cccnc2)n1)N1CCN(C[C@@H](O)C[C@@H](Cc2ccccc2)C(=O)N[C@H]2c3ccccc3OC[C@H]2O)[C@H](C(=O)NCC(F)(F)F)C1.CCOC(=O)CNc1cccnc1. The fraction of sp³-hybridized carbons (Fsp3) is 0.417. The van der Waals surface area contributed by atoms with Crippen molar-refractivity contribution in [1.82, 2.24) is 40.2 Å². The number of rotatable bonds is 17. The summed E-state index contributed by atoms with van der Waals surface area (Å²) in [5.74, 6) is -1.63. The van der Waals surface area contributed by atoms with Crippen molar-refractivity contribution in [3.63, 3.8) is 0 Å². The van der Waals surface area contributed by atoms with Gasteiger partial charge in [-0.1, -0.05) is 48.5 Å². The van der Waals surface area contributed by atoms with E-state index in [1.165, 1.54) is 0 Å². The van der Waals surface area contributed by atoms with Crippen molar-refractivity contribution in [2.24, 2.45) is 5.92 Å². The first-order valence-corrected chi connectivity index (χ1v) is 22.1. The maximum absolute atomic E-state index is 14.0. The number of nitrogens with one attached hydrogen (secondary N) is 3. The number of alkyl halides is 3. The zero-order valence-corrected chi connectivity index (χ0v) is 37.7. The number of carbonyl (C=O) groups is 3. The number of nitrogens with zero attached hydrogens (tertiary/aromatic N) is 6. The number of fused-ring (bicyclic) bond motifs is 1. The number of aliphatic hydroxyl groups is 2. The van der Waals surface area contributed by atoms with Crippen LogP contribution in [0.4, 0.5) is 18.9 Å². The summed E-state index contributed by atoms with van der Waals surface area (Å²) in [5.41, 5.74) is 3.06. The van der Waals surface area contributed by atoms with Crippen LogP contribution in [0.1, 0.15) is 50.1 Å². The van der Waals surface area contributed by atoms with Gasteiger partial charge in [0, 0.05) is 62.4 Å². The highest BCUT2D eigenvalue weighted by Gasteiger charge is 2.42. The summed E-state index contributed by atoms with van der Waals surface area (Å²) in [6, 6.07) is 23.9. The molecule has 5 heterocycles. The van der Waals surface area contributed by atoms with Crippen LogP contribution >= 0.6 is 0 Å². The molecule has 5 atom stereocenters. The summed E-state index contributed by atoms with van der Waals surface area (Å²) < 4.78 is 51.8. The first-order chi connectivity index (χ1) is 32.1. The third kappa shape index (κ3) is 14.3. The molecular weight excluding hydrogens is 872 g/mol. The van der Waals surface area contributed by atoms with Crippen LogP contribution in [-0.4, -0.2) is 134 Å². The molecule has 0 aliphatic carbocycles. The number of aliphatic hydroxyl groups excluding tert-OH is 2. The number of carbonyl (C=O) groups excluding carboxylic acids is 3. The van der Waals surface area contributed by atoms with Gasteiger partial charge >= 0.3 is 12.1 Å². The van der Waals surface area contributed by atoms with Gasteiger partial charge in [-0.3, -0.25) is 34.2 Å². The van der Waals surface area contributed by atoms with E-state index < -0.39 is 54.4 Å². The number of anilines is 1. The molecule has 5 N–H and O–H groups in total. The Bertz CT molecular complexity index is 2340. The predicted molar refractivity (Wildman–Crippen MR) is 243 cm³/mol. The van der Waals surface area contributed by atoms with Gasteiger partial charge in [0.15, 0.2) is 0 Å². The Hall–Kier alpha value is -6.41. The molecule has 1 saturated heterocycles. The minimum atomic E-state index is -4.61. The molecule has 67 heavy (non-hydrogen) atoms. The Morgan fingerprint density at radius 3 is 2.37 bits per heavy atom. The number of ether oxygens (including phenoxy) is 2. The van der Waals surface area contributed by atoms with Crippen molar-refractivity contribution in [2.75, 3.05) is 57.8 Å². The number of pyridine rings is 2. The fourth-order valence-corrected chi connectivity index (χ4v) is 8.05. The van der Waals surface area contributed by atoms with E-state index in [-0.39, 0.29) is 57.5 Å². The highest BCUT2D eigenvalue weighted by molar-refractivity contribution is 5.82. The van der Waals surface area contributed by atoms with E-state index in [9.17, 15) is 37.8 Å². The Balaban J connectivity index is 0.000000492. The van der Waals surface area contributed by atoms with Crippen molar-refractivity contribution < 1.29 is 47.2 Å². The normalized spacial score (nSPS) is 18.5. The smallest absolute Gasteiger partial charge is 0.405 e. The van der Waals surface area contributed by atoms with Gasteiger partial charge in [0.2, 0.25) is 11.8 Å². The first-order valence-electron chi connectivity index (χ1n) is 22.1. The summed E-state index contributed by atoms with van der Waals surface area (Å²) in [6.45, 7) is 5.46. The number of benzene rings is 2. The molecule has 0 radical (unpaired) electrons. The number of amides is 2. The van der Waals surface area contributed by atoms with Crippen LogP contribution in [0, 0.1) is 5.92 Å². The summed E-state index contributed by atoms with van der Waals surface area (Å²) in [6.07, 6.45) is 2.03. The number of halogens is 3. The van der Waals surface area contributed by atoms with Gasteiger partial charge in [-0.15, -0.1) is 0 Å². The average Bonchev–Trinajstić information content (AvgIpc) is 3.84. The lowest BCUT2D eigenvalue weighted by Crippen LogP contribution is -2.63. The van der Waals surface area contributed by atoms with E-state index >= 15 is 0 Å². The van der Waals surface area contributed by atoms with Gasteiger partial charge < -0.3 is 35.6 Å². The van der Waals surface area contributed by atoms with E-state index in [0.29, 0.717) is 30.2 Å². The second kappa shape index (κ2) is 23.4. The zero-order chi connectivity index (χ0) is 48.0. The topological polar surface area (TPSA) is 196 Å². The van der Waals surface area contributed by atoms with Gasteiger partial charge in [-0.05, 0) is 75.6 Å². The lowest BCUT2D eigenvalue weighted by Gasteiger charge is -2.47. The second-order valence-electron chi connectivity index (χ2n) is 16.8. The molecule has 1 fully saturated rings. The average molecular weight is 930 g/mol. The summed E-state index contributed by atoms with van der Waals surface area (Å²) in [7, 11) is 0. The van der Waals surface area contributed by atoms with Crippen LogP contribution in [0.15, 0.2) is 116 Å². The Morgan fingerprint density at radius 1 is 0.940 bits per heavy atom. The Kier molecular flexibility index (Phi) is 17.4. The molecule has 7 rings (SSSR count). The largest absolute Gasteiger partial charge is 0.490 e. The standard InChI is InChI=1S/C39H46F3N7O5.C9H12N2O2/c1-38(2,34-14-16-49(46-34)28-11-8-15-43-21-28)48-18-17-47(31(23-48)37(53)44-25-39(40,41)42)22-29(50)20-27(19-26-9-4-3-5-10-26)36(52)45-35-30-12-6-7-13-33(30)54-24-32(35)51;1-2-13-9(12)7-11-8-4-3-5-10-6-8/h3-16,21,27,29,31-32,35,50-51H,17-20,22-25H2,1-2H3,(H,44,53)(H,45,52);3-6,11H,2,7H2,1H3/t27-,29+,31+,32-,35+;/m1./s1. The Morgan fingerprint density at radius 2 is 1.67 bits per heavy atom. The molecule has 0 unspecified atom stereocenters. The zero-order valence-electron chi connectivity index (χ0n) is 37.7. The lowest BCUT2D eigenvalue weighted by molar-refractivity contribution is -0.144. The van der Waals surface area contributed by atoms with Gasteiger partial charge in [0.1, 0.15) is 37.6 Å². The van der Waals surface area contributed by atoms with Crippen LogP contribution in [-0.2, 0) is 31.1 Å². The van der Waals surface area contributed by atoms with Gasteiger partial charge in [0.25, 0.3) is 0 Å². The molecule has 3 aromatic heterocycles. The van der Waals surface area contributed by atoms with Crippen molar-refractivity contribution >= 4 is 23.5 Å². The van der Waals surface area contributed by atoms with Crippen LogP contribution in [0.25, 0.3) is 5.69 Å². The molecule has 0 bridgehead atoms. The number of aromatic nitrogens is 4. The minimum absolute atomic E-state index is 0.000901. The molecule has 2 aliphatic heterocycles. The number of esters is 1.